The largest absolute Gasteiger partial charge is 0.493 e. The van der Waals surface area contributed by atoms with E-state index in [1.165, 1.54) is 24.5 Å². The monoisotopic (exact) mass is 370 g/mol. The van der Waals surface area contributed by atoms with Gasteiger partial charge in [0.1, 0.15) is 11.6 Å². The fraction of sp³-hybridized carbons (Fsp3) is 0.429. The molecule has 0 aliphatic heterocycles. The molecule has 1 heterocycles. The van der Waals surface area contributed by atoms with Crippen molar-refractivity contribution in [3.63, 3.8) is 0 Å². The van der Waals surface area contributed by atoms with Crippen LogP contribution >= 0.6 is 0 Å². The predicted molar refractivity (Wildman–Crippen MR) is 105 cm³/mol. The number of halogens is 1. The van der Waals surface area contributed by atoms with Gasteiger partial charge in [0.2, 0.25) is 0 Å². The highest BCUT2D eigenvalue weighted by molar-refractivity contribution is 5.79. The summed E-state index contributed by atoms with van der Waals surface area (Å²) in [5.41, 5.74) is 2.58. The van der Waals surface area contributed by atoms with E-state index in [9.17, 15) is 4.39 Å². The summed E-state index contributed by atoms with van der Waals surface area (Å²) in [7, 11) is 0. The molecular weight excluding hydrogens is 343 g/mol. The van der Waals surface area contributed by atoms with Crippen LogP contribution in [0.2, 0.25) is 0 Å². The van der Waals surface area contributed by atoms with Gasteiger partial charge in [-0.15, -0.1) is 0 Å². The fourth-order valence-electron chi connectivity index (χ4n) is 2.64. The van der Waals surface area contributed by atoms with Crippen molar-refractivity contribution in [1.29, 1.82) is 0 Å². The maximum absolute atomic E-state index is 13.7. The first-order chi connectivity index (χ1) is 13.2. The highest BCUT2D eigenvalue weighted by Crippen LogP contribution is 2.30. The van der Waals surface area contributed by atoms with Crippen LogP contribution in [-0.4, -0.2) is 24.1 Å². The smallest absolute Gasteiger partial charge is 0.191 e. The van der Waals surface area contributed by atoms with Gasteiger partial charge in [-0.05, 0) is 56.4 Å². The average Bonchev–Trinajstić information content (AvgIpc) is 3.49. The van der Waals surface area contributed by atoms with Crippen molar-refractivity contribution in [2.75, 3.05) is 13.2 Å². The molecule has 6 heteroatoms. The fourth-order valence-corrected chi connectivity index (χ4v) is 2.64. The lowest BCUT2D eigenvalue weighted by atomic mass is 10.1. The van der Waals surface area contributed by atoms with Gasteiger partial charge in [-0.3, -0.25) is 4.98 Å². The van der Waals surface area contributed by atoms with E-state index < -0.39 is 0 Å². The summed E-state index contributed by atoms with van der Waals surface area (Å²) in [6.07, 6.45) is 4.11. The van der Waals surface area contributed by atoms with Crippen LogP contribution in [0.15, 0.2) is 41.5 Å². The Kier molecular flexibility index (Phi) is 6.63. The molecule has 27 heavy (non-hydrogen) atoms. The van der Waals surface area contributed by atoms with Crippen molar-refractivity contribution in [2.24, 2.45) is 10.9 Å². The minimum absolute atomic E-state index is 0.275. The highest BCUT2D eigenvalue weighted by Gasteiger charge is 2.22. The third-order valence-electron chi connectivity index (χ3n) is 4.40. The quantitative estimate of drug-likeness (QED) is 0.551. The van der Waals surface area contributed by atoms with Gasteiger partial charge in [0, 0.05) is 18.3 Å². The zero-order chi connectivity index (χ0) is 19.1. The maximum atomic E-state index is 13.7. The molecule has 0 saturated heterocycles. The first kappa shape index (κ1) is 19.1. The van der Waals surface area contributed by atoms with Crippen LogP contribution in [-0.2, 0) is 13.1 Å². The Morgan fingerprint density at radius 1 is 1.30 bits per heavy atom. The molecule has 1 aliphatic carbocycles. The first-order valence-corrected chi connectivity index (χ1v) is 9.49. The lowest BCUT2D eigenvalue weighted by Crippen LogP contribution is -2.37. The number of guanidine groups is 1. The summed E-state index contributed by atoms with van der Waals surface area (Å²) in [6, 6.07) is 9.18. The number of benzene rings is 1. The third-order valence-corrected chi connectivity index (χ3v) is 4.40. The summed E-state index contributed by atoms with van der Waals surface area (Å²) in [5, 5.41) is 6.32. The second kappa shape index (κ2) is 9.35. The molecule has 0 radical (unpaired) electrons. The summed E-state index contributed by atoms with van der Waals surface area (Å²) in [6.45, 7) is 6.31. The molecular formula is C21H27FN4O. The molecule has 2 N–H and O–H groups in total. The van der Waals surface area contributed by atoms with Crippen LogP contribution in [0.1, 0.15) is 36.6 Å². The lowest BCUT2D eigenvalue weighted by molar-refractivity contribution is 0.296. The number of nitrogens with zero attached hydrogens (tertiary/aromatic N) is 2. The Morgan fingerprint density at radius 2 is 2.15 bits per heavy atom. The van der Waals surface area contributed by atoms with Gasteiger partial charge in [0.15, 0.2) is 5.96 Å². The Labute approximate surface area is 160 Å². The van der Waals surface area contributed by atoms with Gasteiger partial charge in [-0.2, -0.15) is 0 Å². The van der Waals surface area contributed by atoms with E-state index in [0.717, 1.165) is 24.5 Å². The zero-order valence-corrected chi connectivity index (χ0v) is 16.0. The Balaban J connectivity index is 1.66. The van der Waals surface area contributed by atoms with Gasteiger partial charge in [-0.25, -0.2) is 9.38 Å². The standard InChI is InChI=1S/C21H27FN4O/c1-3-23-21(26-13-19-18(22)5-4-10-24-19)25-12-17-9-6-15(2)11-20(17)27-14-16-7-8-16/h4-6,9-11,16H,3,7-8,12-14H2,1-2H3,(H2,23,25,26). The topological polar surface area (TPSA) is 58.5 Å². The maximum Gasteiger partial charge on any atom is 0.191 e. The van der Waals surface area contributed by atoms with Gasteiger partial charge in [-0.1, -0.05) is 12.1 Å². The Bertz CT molecular complexity index is 790. The van der Waals surface area contributed by atoms with E-state index in [1.807, 2.05) is 6.92 Å². The molecule has 1 saturated carbocycles. The second-order valence-electron chi connectivity index (χ2n) is 6.85. The average molecular weight is 370 g/mol. The number of ether oxygens (including phenoxy) is 1. The van der Waals surface area contributed by atoms with Crippen LogP contribution in [0.5, 0.6) is 5.75 Å². The summed E-state index contributed by atoms with van der Waals surface area (Å²) < 4.78 is 19.8. The molecule has 1 aromatic heterocycles. The molecule has 0 spiro atoms. The Hall–Kier alpha value is -2.63. The van der Waals surface area contributed by atoms with Crippen molar-refractivity contribution in [3.8, 4) is 5.75 Å². The zero-order valence-electron chi connectivity index (χ0n) is 16.0. The molecule has 1 aliphatic rings. The minimum atomic E-state index is -0.324. The minimum Gasteiger partial charge on any atom is -0.493 e. The van der Waals surface area contributed by atoms with Crippen LogP contribution in [0.25, 0.3) is 0 Å². The molecule has 5 nitrogen and oxygen atoms in total. The summed E-state index contributed by atoms with van der Waals surface area (Å²) in [4.78, 5) is 8.68. The number of rotatable bonds is 8. The first-order valence-electron chi connectivity index (χ1n) is 9.49. The van der Waals surface area contributed by atoms with Gasteiger partial charge < -0.3 is 15.4 Å². The van der Waals surface area contributed by atoms with Crippen molar-refractivity contribution in [1.82, 2.24) is 15.6 Å². The molecule has 0 bridgehead atoms. The molecule has 1 fully saturated rings. The summed E-state index contributed by atoms with van der Waals surface area (Å²) >= 11 is 0. The molecule has 0 unspecified atom stereocenters. The molecule has 0 atom stereocenters. The highest BCUT2D eigenvalue weighted by atomic mass is 19.1. The number of pyridine rings is 1. The molecule has 0 amide bonds. The van der Waals surface area contributed by atoms with Gasteiger partial charge >= 0.3 is 0 Å². The number of aryl methyl sites for hydroxylation is 1. The van der Waals surface area contributed by atoms with E-state index >= 15 is 0 Å². The van der Waals surface area contributed by atoms with Crippen molar-refractivity contribution < 1.29 is 9.13 Å². The SMILES string of the molecule is CCNC(=NCc1ccc(C)cc1OCC1CC1)NCc1ncccc1F. The van der Waals surface area contributed by atoms with E-state index in [-0.39, 0.29) is 12.4 Å². The Morgan fingerprint density at radius 3 is 2.89 bits per heavy atom. The number of nitrogens with one attached hydrogen (secondary N) is 2. The molecule has 3 rings (SSSR count). The van der Waals surface area contributed by atoms with Crippen LogP contribution in [0, 0.1) is 18.7 Å². The number of aromatic nitrogens is 1. The van der Waals surface area contributed by atoms with Crippen LogP contribution in [0.4, 0.5) is 4.39 Å². The lowest BCUT2D eigenvalue weighted by Gasteiger charge is -2.13. The summed E-state index contributed by atoms with van der Waals surface area (Å²) in [5.74, 6) is 1.90. The third kappa shape index (κ3) is 5.94. The van der Waals surface area contributed by atoms with E-state index in [1.54, 1.807) is 12.3 Å². The second-order valence-corrected chi connectivity index (χ2v) is 6.85. The van der Waals surface area contributed by atoms with Crippen molar-refractivity contribution in [3.05, 3.63) is 59.2 Å². The number of hydrogen-bond acceptors (Lipinski definition) is 3. The van der Waals surface area contributed by atoms with Crippen molar-refractivity contribution in [2.45, 2.75) is 39.8 Å². The predicted octanol–water partition coefficient (Wildman–Crippen LogP) is 3.57. The number of hydrogen-bond donors (Lipinski definition) is 2. The molecule has 144 valence electrons. The molecule has 1 aromatic carbocycles. The molecule has 2 aromatic rings. The van der Waals surface area contributed by atoms with Crippen LogP contribution < -0.4 is 15.4 Å². The van der Waals surface area contributed by atoms with E-state index in [0.29, 0.717) is 24.1 Å². The normalized spacial score (nSPS) is 14.1. The van der Waals surface area contributed by atoms with Gasteiger partial charge in [0.05, 0.1) is 25.4 Å². The van der Waals surface area contributed by atoms with Gasteiger partial charge in [0.25, 0.3) is 0 Å². The van der Waals surface area contributed by atoms with Crippen molar-refractivity contribution >= 4 is 5.96 Å². The van der Waals surface area contributed by atoms with Crippen LogP contribution in [0.3, 0.4) is 0 Å². The number of aliphatic imine (C=N–C) groups is 1. The van der Waals surface area contributed by atoms with E-state index in [2.05, 4.69) is 45.7 Å². The van der Waals surface area contributed by atoms with E-state index in [4.69, 9.17) is 4.74 Å².